The standard InChI is InChI=1S/C17H11N2.2CH3.Pt/c1-11-10-18-16-14-8-4-2-6-12(14)13-7-3-5-9-15(13)17(16)19-11;;;/h2-7,9-10H,1H3;2*1H3;/q3*-1;. The zero-order valence-corrected chi connectivity index (χ0v) is 15.1. The zero-order chi connectivity index (χ0) is 12.8. The molecule has 0 aliphatic rings. The van der Waals surface area contributed by atoms with Crippen molar-refractivity contribution in [3.63, 3.8) is 0 Å². The minimum Gasteiger partial charge on any atom is -0.358 e. The van der Waals surface area contributed by atoms with E-state index in [1.807, 2.05) is 31.3 Å². The van der Waals surface area contributed by atoms with Crippen molar-refractivity contribution in [2.24, 2.45) is 0 Å². The van der Waals surface area contributed by atoms with Gasteiger partial charge >= 0.3 is 0 Å². The molecule has 1 heterocycles. The molecule has 0 saturated carbocycles. The molecule has 2 nitrogen and oxygen atoms in total. The first-order chi connectivity index (χ1) is 9.34. The van der Waals surface area contributed by atoms with Crippen LogP contribution < -0.4 is 0 Å². The third-order valence-corrected chi connectivity index (χ3v) is 3.46. The van der Waals surface area contributed by atoms with Gasteiger partial charge in [-0.05, 0) is 12.3 Å². The summed E-state index contributed by atoms with van der Waals surface area (Å²) < 4.78 is 0. The average Bonchev–Trinajstić information content (AvgIpc) is 2.47. The Balaban J connectivity index is 0.000000807. The van der Waals surface area contributed by atoms with Gasteiger partial charge in [0.1, 0.15) is 0 Å². The van der Waals surface area contributed by atoms with Crippen molar-refractivity contribution in [3.05, 3.63) is 75.3 Å². The molecule has 0 saturated heterocycles. The summed E-state index contributed by atoms with van der Waals surface area (Å²) in [6.45, 7) is 1.97. The predicted octanol–water partition coefficient (Wildman–Crippen LogP) is 4.94. The second-order valence-electron chi connectivity index (χ2n) is 4.71. The number of aromatic nitrogens is 2. The molecule has 0 bridgehead atoms. The van der Waals surface area contributed by atoms with Crippen LogP contribution in [-0.4, -0.2) is 9.97 Å². The van der Waals surface area contributed by atoms with Crippen molar-refractivity contribution < 1.29 is 21.1 Å². The van der Waals surface area contributed by atoms with Gasteiger partial charge in [0.15, 0.2) is 0 Å². The Morgan fingerprint density at radius 3 is 2.32 bits per heavy atom. The molecule has 0 amide bonds. The number of fused-ring (bicyclic) bond motifs is 6. The predicted molar refractivity (Wildman–Crippen MR) is 91.0 cm³/mol. The van der Waals surface area contributed by atoms with Crippen molar-refractivity contribution in [3.8, 4) is 0 Å². The van der Waals surface area contributed by atoms with E-state index in [0.29, 0.717) is 0 Å². The van der Waals surface area contributed by atoms with E-state index in [0.717, 1.165) is 27.5 Å². The molecule has 0 atom stereocenters. The molecule has 0 N–H and O–H groups in total. The third-order valence-electron chi connectivity index (χ3n) is 3.46. The molecule has 22 heavy (non-hydrogen) atoms. The van der Waals surface area contributed by atoms with Crippen molar-refractivity contribution >= 4 is 32.6 Å². The maximum Gasteiger partial charge on any atom is 0.0548 e. The van der Waals surface area contributed by atoms with E-state index in [1.165, 1.54) is 10.8 Å². The first kappa shape index (κ1) is 18.3. The number of hydrogen-bond donors (Lipinski definition) is 0. The molecule has 0 radical (unpaired) electrons. The second-order valence-corrected chi connectivity index (χ2v) is 4.71. The summed E-state index contributed by atoms with van der Waals surface area (Å²) in [6, 6.07) is 17.7. The number of nitrogens with zero attached hydrogens (tertiary/aromatic N) is 2. The fraction of sp³-hybridized carbons (Fsp3) is 0.0526. The second kappa shape index (κ2) is 6.98. The molecule has 4 aromatic rings. The Labute approximate surface area is 145 Å². The molecule has 3 aromatic carbocycles. The van der Waals surface area contributed by atoms with Gasteiger partial charge in [-0.15, -0.1) is 29.7 Å². The molecule has 3 heteroatoms. The fourth-order valence-corrected chi connectivity index (χ4v) is 2.63. The molecular weight excluding hydrogens is 451 g/mol. The summed E-state index contributed by atoms with van der Waals surface area (Å²) in [5.41, 5.74) is 2.83. The van der Waals surface area contributed by atoms with Crippen LogP contribution in [0.4, 0.5) is 0 Å². The monoisotopic (exact) mass is 468 g/mol. The maximum absolute atomic E-state index is 4.67. The van der Waals surface area contributed by atoms with E-state index in [1.54, 1.807) is 0 Å². The molecular formula is C19H17N2Pt-3. The average molecular weight is 468 g/mol. The van der Waals surface area contributed by atoms with Crippen molar-refractivity contribution in [2.45, 2.75) is 6.92 Å². The molecule has 116 valence electrons. The summed E-state index contributed by atoms with van der Waals surface area (Å²) in [6.07, 6.45) is 1.82. The molecule has 0 fully saturated rings. The molecule has 4 rings (SSSR count). The van der Waals surface area contributed by atoms with Crippen molar-refractivity contribution in [1.82, 2.24) is 9.97 Å². The van der Waals surface area contributed by atoms with Crippen molar-refractivity contribution in [1.29, 1.82) is 0 Å². The van der Waals surface area contributed by atoms with Gasteiger partial charge in [0.25, 0.3) is 0 Å². The molecule has 0 spiro atoms. The van der Waals surface area contributed by atoms with E-state index in [9.17, 15) is 0 Å². The Morgan fingerprint density at radius 1 is 0.864 bits per heavy atom. The quantitative estimate of drug-likeness (QED) is 0.270. The van der Waals surface area contributed by atoms with Crippen LogP contribution in [0.3, 0.4) is 0 Å². The topological polar surface area (TPSA) is 25.8 Å². The van der Waals surface area contributed by atoms with Crippen LogP contribution in [-0.2, 0) is 21.1 Å². The van der Waals surface area contributed by atoms with Gasteiger partial charge in [-0.3, -0.25) is 4.98 Å². The van der Waals surface area contributed by atoms with Gasteiger partial charge in [0.2, 0.25) is 0 Å². The van der Waals surface area contributed by atoms with Crippen LogP contribution >= 0.6 is 0 Å². The Bertz CT molecular complexity index is 897. The molecule has 0 aliphatic carbocycles. The van der Waals surface area contributed by atoms with Gasteiger partial charge in [-0.2, -0.15) is 0 Å². The van der Waals surface area contributed by atoms with Gasteiger partial charge < -0.3 is 19.8 Å². The van der Waals surface area contributed by atoms with Gasteiger partial charge in [0.05, 0.1) is 11.2 Å². The minimum atomic E-state index is 0. The minimum absolute atomic E-state index is 0. The Morgan fingerprint density at radius 2 is 1.55 bits per heavy atom. The largest absolute Gasteiger partial charge is 0.358 e. The van der Waals surface area contributed by atoms with Crippen LogP contribution in [0.25, 0.3) is 32.6 Å². The zero-order valence-electron chi connectivity index (χ0n) is 12.8. The van der Waals surface area contributed by atoms with Gasteiger partial charge in [-0.1, -0.05) is 35.0 Å². The van der Waals surface area contributed by atoms with E-state index in [2.05, 4.69) is 40.3 Å². The maximum atomic E-state index is 4.67. The summed E-state index contributed by atoms with van der Waals surface area (Å²) in [5, 5.41) is 4.59. The number of benzene rings is 3. The number of rotatable bonds is 0. The first-order valence-corrected chi connectivity index (χ1v) is 6.29. The van der Waals surface area contributed by atoms with Crippen LogP contribution in [0.5, 0.6) is 0 Å². The van der Waals surface area contributed by atoms with Crippen LogP contribution in [0.15, 0.2) is 48.7 Å². The van der Waals surface area contributed by atoms with Crippen molar-refractivity contribution in [2.75, 3.05) is 0 Å². The third kappa shape index (κ3) is 2.64. The summed E-state index contributed by atoms with van der Waals surface area (Å²) in [4.78, 5) is 9.24. The molecule has 1 aromatic heterocycles. The van der Waals surface area contributed by atoms with Crippen LogP contribution in [0.1, 0.15) is 5.69 Å². The summed E-state index contributed by atoms with van der Waals surface area (Å²) in [5.74, 6) is 0. The smallest absolute Gasteiger partial charge is 0.0548 e. The summed E-state index contributed by atoms with van der Waals surface area (Å²) >= 11 is 0. The Kier molecular flexibility index (Phi) is 5.79. The fourth-order valence-electron chi connectivity index (χ4n) is 2.63. The van der Waals surface area contributed by atoms with Gasteiger partial charge in [-0.25, -0.2) is 0 Å². The normalized spacial score (nSPS) is 9.86. The van der Waals surface area contributed by atoms with E-state index in [-0.39, 0.29) is 35.9 Å². The molecule has 0 unspecified atom stereocenters. The number of hydrogen-bond acceptors (Lipinski definition) is 2. The van der Waals surface area contributed by atoms with E-state index in [4.69, 9.17) is 0 Å². The van der Waals surface area contributed by atoms with Gasteiger partial charge in [0, 0.05) is 32.8 Å². The number of aryl methyl sites for hydroxylation is 1. The Hall–Kier alpha value is -1.79. The van der Waals surface area contributed by atoms with Crippen LogP contribution in [0, 0.1) is 27.8 Å². The van der Waals surface area contributed by atoms with E-state index >= 15 is 0 Å². The SMILES string of the molecule is Cc1cnc2c3[c-]cccc3c3ccccc3c2n1.[CH3-].[CH3-].[Pt]. The van der Waals surface area contributed by atoms with E-state index < -0.39 is 0 Å². The van der Waals surface area contributed by atoms with Crippen LogP contribution in [0.2, 0.25) is 0 Å². The molecule has 0 aliphatic heterocycles. The summed E-state index contributed by atoms with van der Waals surface area (Å²) in [7, 11) is 0. The first-order valence-electron chi connectivity index (χ1n) is 6.29.